The molecule has 0 aromatic heterocycles. The first-order chi connectivity index (χ1) is 11.8. The monoisotopic (exact) mass is 362 g/mol. The Morgan fingerprint density at radius 2 is 1.76 bits per heavy atom. The number of carbonyl (C=O) groups is 2. The summed E-state index contributed by atoms with van der Waals surface area (Å²) < 4.78 is 2.88. The van der Waals surface area contributed by atoms with Crippen LogP contribution in [0.3, 0.4) is 0 Å². The molecule has 25 heavy (non-hydrogen) atoms. The number of nitrogens with zero attached hydrogens (tertiary/aromatic N) is 1. The fourth-order valence-electron chi connectivity index (χ4n) is 3.15. The number of amides is 1. The topological polar surface area (TPSA) is 49.4 Å². The third kappa shape index (κ3) is 5.24. The summed E-state index contributed by atoms with van der Waals surface area (Å²) in [5.41, 5.74) is 2.44. The molecule has 0 atom stereocenters. The summed E-state index contributed by atoms with van der Waals surface area (Å²) in [4.78, 5) is 27.3. The second-order valence-corrected chi connectivity index (χ2v) is 8.37. The Hall–Kier alpha value is -1.49. The van der Waals surface area contributed by atoms with Crippen LogP contribution in [0.5, 0.6) is 0 Å². The molecule has 1 heterocycles. The number of ketones is 1. The molecule has 1 aliphatic heterocycles. The molecule has 1 saturated heterocycles. The van der Waals surface area contributed by atoms with Crippen LogP contribution in [0.1, 0.15) is 46.1 Å². The average Bonchev–Trinajstić information content (AvgIpc) is 2.59. The van der Waals surface area contributed by atoms with Crippen molar-refractivity contribution in [3.05, 3.63) is 23.8 Å². The minimum atomic E-state index is -0.0114. The van der Waals surface area contributed by atoms with Gasteiger partial charge in [-0.2, -0.15) is 0 Å². The SMILES string of the molecule is Cc1cc(SNC(=O)C(C)C)ccc1N1CCC(C(=O)C(C)C)CC1. The van der Waals surface area contributed by atoms with Crippen molar-refractivity contribution in [2.45, 2.75) is 52.4 Å². The van der Waals surface area contributed by atoms with Crippen LogP contribution in [0, 0.1) is 24.7 Å². The molecule has 138 valence electrons. The van der Waals surface area contributed by atoms with Crippen LogP contribution in [0.2, 0.25) is 0 Å². The molecule has 0 spiro atoms. The molecule has 1 fully saturated rings. The van der Waals surface area contributed by atoms with Crippen LogP contribution in [-0.4, -0.2) is 24.8 Å². The van der Waals surface area contributed by atoms with Gasteiger partial charge >= 0.3 is 0 Å². The van der Waals surface area contributed by atoms with Crippen molar-refractivity contribution in [1.29, 1.82) is 0 Å². The molecule has 4 nitrogen and oxygen atoms in total. The number of piperidine rings is 1. The molecular weight excluding hydrogens is 332 g/mol. The van der Waals surface area contributed by atoms with Gasteiger partial charge in [-0.05, 0) is 55.5 Å². The molecule has 1 amide bonds. The predicted molar refractivity (Wildman–Crippen MR) is 105 cm³/mol. The molecule has 1 N–H and O–H groups in total. The zero-order chi connectivity index (χ0) is 18.6. The number of carbonyl (C=O) groups excluding carboxylic acids is 2. The Morgan fingerprint density at radius 3 is 2.28 bits per heavy atom. The summed E-state index contributed by atoms with van der Waals surface area (Å²) in [6, 6.07) is 6.30. The minimum absolute atomic E-state index is 0.0114. The van der Waals surface area contributed by atoms with Gasteiger partial charge in [-0.25, -0.2) is 0 Å². The van der Waals surface area contributed by atoms with Crippen molar-refractivity contribution in [3.8, 4) is 0 Å². The van der Waals surface area contributed by atoms with Crippen LogP contribution in [0.4, 0.5) is 5.69 Å². The van der Waals surface area contributed by atoms with E-state index >= 15 is 0 Å². The molecule has 1 aromatic rings. The molecule has 5 heteroatoms. The summed E-state index contributed by atoms with van der Waals surface area (Å²) >= 11 is 1.37. The van der Waals surface area contributed by atoms with Crippen molar-refractivity contribution in [2.24, 2.45) is 17.8 Å². The number of benzene rings is 1. The van der Waals surface area contributed by atoms with Gasteiger partial charge in [-0.15, -0.1) is 0 Å². The number of nitrogens with one attached hydrogen (secondary N) is 1. The van der Waals surface area contributed by atoms with E-state index in [1.54, 1.807) is 0 Å². The number of rotatable bonds is 6. The van der Waals surface area contributed by atoms with E-state index in [4.69, 9.17) is 0 Å². The Morgan fingerprint density at radius 1 is 1.12 bits per heavy atom. The highest BCUT2D eigenvalue weighted by molar-refractivity contribution is 7.98. The van der Waals surface area contributed by atoms with Gasteiger partial charge in [-0.1, -0.05) is 27.7 Å². The van der Waals surface area contributed by atoms with Gasteiger partial charge in [-0.3, -0.25) is 14.3 Å². The highest BCUT2D eigenvalue weighted by Gasteiger charge is 2.27. The zero-order valence-electron chi connectivity index (χ0n) is 16.0. The maximum absolute atomic E-state index is 12.2. The molecule has 0 aliphatic carbocycles. The van der Waals surface area contributed by atoms with Gasteiger partial charge in [0.05, 0.1) is 0 Å². The number of anilines is 1. The van der Waals surface area contributed by atoms with Gasteiger partial charge in [0.25, 0.3) is 0 Å². The van der Waals surface area contributed by atoms with Crippen molar-refractivity contribution in [1.82, 2.24) is 4.72 Å². The van der Waals surface area contributed by atoms with Gasteiger partial charge in [0.1, 0.15) is 5.78 Å². The average molecular weight is 363 g/mol. The van der Waals surface area contributed by atoms with Crippen molar-refractivity contribution in [3.63, 3.8) is 0 Å². The molecule has 0 unspecified atom stereocenters. The first-order valence-electron chi connectivity index (χ1n) is 9.15. The Bertz CT molecular complexity index is 620. The maximum atomic E-state index is 12.2. The fraction of sp³-hybridized carbons (Fsp3) is 0.600. The van der Waals surface area contributed by atoms with Gasteiger partial charge < -0.3 is 4.90 Å². The van der Waals surface area contributed by atoms with E-state index in [1.807, 2.05) is 27.7 Å². The predicted octanol–water partition coefficient (Wildman–Crippen LogP) is 4.22. The third-order valence-electron chi connectivity index (χ3n) is 4.77. The quantitative estimate of drug-likeness (QED) is 0.770. The molecular formula is C20H30N2O2S. The standard InChI is InChI=1S/C20H30N2O2S/c1-13(2)19(23)16-8-10-22(11-9-16)18-7-6-17(12-15(18)5)25-21-20(24)14(3)4/h6-7,12-14,16H,8-11H2,1-5H3,(H,21,24). The van der Waals surface area contributed by atoms with Crippen LogP contribution in [-0.2, 0) is 9.59 Å². The van der Waals surface area contributed by atoms with E-state index in [9.17, 15) is 9.59 Å². The lowest BCUT2D eigenvalue weighted by Crippen LogP contribution is -2.37. The first-order valence-corrected chi connectivity index (χ1v) is 9.97. The van der Waals surface area contributed by atoms with Crippen LogP contribution >= 0.6 is 11.9 Å². The van der Waals surface area contributed by atoms with Crippen molar-refractivity contribution >= 4 is 29.3 Å². The molecule has 0 saturated carbocycles. The van der Waals surface area contributed by atoms with E-state index in [0.29, 0.717) is 5.78 Å². The Kier molecular flexibility index (Phi) is 6.94. The molecule has 1 aliphatic rings. The van der Waals surface area contributed by atoms with Crippen LogP contribution < -0.4 is 9.62 Å². The lowest BCUT2D eigenvalue weighted by molar-refractivity contribution is -0.126. The van der Waals surface area contributed by atoms with E-state index in [1.165, 1.54) is 23.2 Å². The lowest BCUT2D eigenvalue weighted by Gasteiger charge is -2.34. The molecule has 2 rings (SSSR count). The molecule has 0 bridgehead atoms. The smallest absolute Gasteiger partial charge is 0.232 e. The number of aryl methyl sites for hydroxylation is 1. The minimum Gasteiger partial charge on any atom is -0.371 e. The summed E-state index contributed by atoms with van der Waals surface area (Å²) in [5.74, 6) is 0.795. The Balaban J connectivity index is 1.95. The Labute approximate surface area is 155 Å². The largest absolute Gasteiger partial charge is 0.371 e. The second-order valence-electron chi connectivity index (χ2n) is 7.49. The normalized spacial score (nSPS) is 15.7. The summed E-state index contributed by atoms with van der Waals surface area (Å²) in [6.07, 6.45) is 1.88. The summed E-state index contributed by atoms with van der Waals surface area (Å²) in [7, 11) is 0. The summed E-state index contributed by atoms with van der Waals surface area (Å²) in [6.45, 7) is 11.7. The van der Waals surface area contributed by atoms with E-state index in [0.717, 1.165) is 30.8 Å². The fourth-order valence-corrected chi connectivity index (χ4v) is 3.98. The third-order valence-corrected chi connectivity index (χ3v) is 5.56. The lowest BCUT2D eigenvalue weighted by atomic mass is 9.87. The highest BCUT2D eigenvalue weighted by Crippen LogP contribution is 2.30. The van der Waals surface area contributed by atoms with E-state index in [2.05, 4.69) is 34.7 Å². The van der Waals surface area contributed by atoms with Crippen LogP contribution in [0.15, 0.2) is 23.1 Å². The van der Waals surface area contributed by atoms with Gasteiger partial charge in [0.2, 0.25) is 5.91 Å². The number of Topliss-reactive ketones (excluding diaryl/α,β-unsaturated/α-hetero) is 1. The van der Waals surface area contributed by atoms with E-state index in [-0.39, 0.29) is 23.7 Å². The second kappa shape index (κ2) is 8.75. The van der Waals surface area contributed by atoms with Gasteiger partial charge in [0, 0.05) is 41.4 Å². The molecule has 1 aromatic carbocycles. The van der Waals surface area contributed by atoms with E-state index < -0.39 is 0 Å². The van der Waals surface area contributed by atoms with Crippen molar-refractivity contribution in [2.75, 3.05) is 18.0 Å². The van der Waals surface area contributed by atoms with Crippen LogP contribution in [0.25, 0.3) is 0 Å². The number of hydrogen-bond acceptors (Lipinski definition) is 4. The first kappa shape index (κ1) is 19.8. The van der Waals surface area contributed by atoms with Gasteiger partial charge in [0.15, 0.2) is 0 Å². The maximum Gasteiger partial charge on any atom is 0.232 e. The van der Waals surface area contributed by atoms with Crippen molar-refractivity contribution < 1.29 is 9.59 Å². The summed E-state index contributed by atoms with van der Waals surface area (Å²) in [5, 5.41) is 0. The zero-order valence-corrected chi connectivity index (χ0v) is 16.8. The number of hydrogen-bond donors (Lipinski definition) is 1. The molecule has 0 radical (unpaired) electrons. The highest BCUT2D eigenvalue weighted by atomic mass is 32.2.